The molecule has 112 valence electrons. The molecule has 0 spiro atoms. The topological polar surface area (TPSA) is 115 Å². The molecule has 6 nitrogen and oxygen atoms in total. The van der Waals surface area contributed by atoms with Crippen LogP contribution in [0.2, 0.25) is 0 Å². The zero-order valence-electron chi connectivity index (χ0n) is 10.2. The van der Waals surface area contributed by atoms with Gasteiger partial charge in [-0.15, -0.1) is 0 Å². The second-order valence-corrected chi connectivity index (χ2v) is 3.67. The number of hydrogen-bond acceptors (Lipinski definition) is 4. The van der Waals surface area contributed by atoms with Crippen LogP contribution in [0.3, 0.4) is 0 Å². The van der Waals surface area contributed by atoms with Gasteiger partial charge in [0.15, 0.2) is 0 Å². The van der Waals surface area contributed by atoms with E-state index in [0.717, 1.165) is 0 Å². The van der Waals surface area contributed by atoms with Crippen LogP contribution < -0.4 is 0 Å². The van der Waals surface area contributed by atoms with Gasteiger partial charge in [0.1, 0.15) is 17.1 Å². The second kappa shape index (κ2) is 8.21. The first kappa shape index (κ1) is 18.0. The number of para-hydroxylation sites is 1. The summed E-state index contributed by atoms with van der Waals surface area (Å²) >= 11 is 0. The molecule has 0 heterocycles. The predicted molar refractivity (Wildman–Crippen MR) is 76.9 cm³/mol. The Hall–Kier alpha value is -3.02. The van der Waals surface area contributed by atoms with Crippen molar-refractivity contribution in [2.75, 3.05) is 0 Å². The summed E-state index contributed by atoms with van der Waals surface area (Å²) in [7, 11) is 0. The Morgan fingerprint density at radius 1 is 0.762 bits per heavy atom. The number of hydrogen-bond donors (Lipinski definition) is 4. The van der Waals surface area contributed by atoms with Crippen molar-refractivity contribution in [2.24, 2.45) is 0 Å². The third-order valence-electron chi connectivity index (χ3n) is 2.25. The fourth-order valence-corrected chi connectivity index (χ4v) is 1.26. The van der Waals surface area contributed by atoms with Crippen LogP contribution in [0.5, 0.6) is 11.5 Å². The quantitative estimate of drug-likeness (QED) is 0.676. The Bertz CT molecular complexity index is 604. The number of aromatic hydroxyl groups is 2. The molecular formula is C15H16O6. The Labute approximate surface area is 121 Å². The second-order valence-electron chi connectivity index (χ2n) is 3.67. The molecule has 0 amide bonds. The van der Waals surface area contributed by atoms with Crippen LogP contribution in [0, 0.1) is 0 Å². The highest BCUT2D eigenvalue weighted by molar-refractivity contribution is 5.90. The average molecular weight is 292 g/mol. The van der Waals surface area contributed by atoms with E-state index < -0.39 is 11.9 Å². The highest BCUT2D eigenvalue weighted by Crippen LogP contribution is 2.14. The maximum absolute atomic E-state index is 10.3. The molecule has 0 saturated heterocycles. The van der Waals surface area contributed by atoms with Gasteiger partial charge in [-0.05, 0) is 36.4 Å². The van der Waals surface area contributed by atoms with E-state index in [1.165, 1.54) is 36.4 Å². The van der Waals surface area contributed by atoms with Gasteiger partial charge in [0, 0.05) is 0 Å². The van der Waals surface area contributed by atoms with Crippen LogP contribution in [-0.2, 0) is 0 Å². The third-order valence-corrected chi connectivity index (χ3v) is 2.25. The van der Waals surface area contributed by atoms with Gasteiger partial charge < -0.3 is 20.4 Å². The van der Waals surface area contributed by atoms with Crippen molar-refractivity contribution >= 4 is 11.9 Å². The van der Waals surface area contributed by atoms with E-state index in [0.29, 0.717) is 0 Å². The van der Waals surface area contributed by atoms with Gasteiger partial charge in [-0.2, -0.15) is 0 Å². The summed E-state index contributed by atoms with van der Waals surface area (Å²) in [4.78, 5) is 20.5. The molecule has 21 heavy (non-hydrogen) atoms. The third kappa shape index (κ3) is 5.65. The number of carboxylic acid groups (broad SMARTS) is 2. The molecule has 0 aliphatic rings. The number of carbonyl (C=O) groups is 2. The molecule has 2 aromatic rings. The van der Waals surface area contributed by atoms with E-state index in [4.69, 9.17) is 20.4 Å². The molecule has 0 aliphatic carbocycles. The lowest BCUT2D eigenvalue weighted by Gasteiger charge is -1.95. The average Bonchev–Trinajstić information content (AvgIpc) is 2.40. The van der Waals surface area contributed by atoms with Crippen LogP contribution >= 0.6 is 0 Å². The first-order valence-electron chi connectivity index (χ1n) is 5.45. The van der Waals surface area contributed by atoms with E-state index in [-0.39, 0.29) is 30.1 Å². The molecule has 0 saturated carbocycles. The van der Waals surface area contributed by atoms with Crippen LogP contribution in [0.4, 0.5) is 0 Å². The van der Waals surface area contributed by atoms with Crippen LogP contribution in [0.1, 0.15) is 28.1 Å². The highest BCUT2D eigenvalue weighted by atomic mass is 16.4. The Morgan fingerprint density at radius 3 is 1.67 bits per heavy atom. The lowest BCUT2D eigenvalue weighted by Crippen LogP contribution is -1.95. The van der Waals surface area contributed by atoms with E-state index in [9.17, 15) is 9.59 Å². The normalized spacial score (nSPS) is 8.76. The Morgan fingerprint density at radius 2 is 1.29 bits per heavy atom. The van der Waals surface area contributed by atoms with Crippen LogP contribution in [0.15, 0.2) is 48.5 Å². The monoisotopic (exact) mass is 292 g/mol. The summed E-state index contributed by atoms with van der Waals surface area (Å²) in [6, 6.07) is 11.2. The lowest BCUT2D eigenvalue weighted by molar-refractivity contribution is 0.0684. The van der Waals surface area contributed by atoms with Gasteiger partial charge in [0.05, 0.1) is 5.56 Å². The minimum absolute atomic E-state index is 0. The highest BCUT2D eigenvalue weighted by Gasteiger charge is 2.05. The van der Waals surface area contributed by atoms with E-state index in [1.807, 2.05) is 0 Å². The summed E-state index contributed by atoms with van der Waals surface area (Å²) in [6.07, 6.45) is 0. The minimum Gasteiger partial charge on any atom is -0.508 e. The number of carboxylic acids is 2. The van der Waals surface area contributed by atoms with Crippen LogP contribution in [0.25, 0.3) is 0 Å². The Balaban J connectivity index is 0.000000364. The molecule has 4 N–H and O–H groups in total. The summed E-state index contributed by atoms with van der Waals surface area (Å²) < 4.78 is 0. The van der Waals surface area contributed by atoms with E-state index in [1.54, 1.807) is 12.1 Å². The smallest absolute Gasteiger partial charge is 0.339 e. The number of benzene rings is 2. The summed E-state index contributed by atoms with van der Waals surface area (Å²) in [5.74, 6) is -2.22. The molecule has 6 heteroatoms. The molecule has 0 unspecified atom stereocenters. The molecule has 0 aromatic heterocycles. The summed E-state index contributed by atoms with van der Waals surface area (Å²) in [6.45, 7) is 0. The first-order valence-corrected chi connectivity index (χ1v) is 5.45. The standard InChI is InChI=1S/2C7H6O3.CH4/c8-6-3-1-5(2-4-6)7(9)10;8-6-4-2-1-3-5(6)7(9)10;/h2*1-4,8H,(H,9,10);1H4. The largest absolute Gasteiger partial charge is 0.508 e. The predicted octanol–water partition coefficient (Wildman–Crippen LogP) is 2.82. The maximum Gasteiger partial charge on any atom is 0.339 e. The van der Waals surface area contributed by atoms with Crippen molar-refractivity contribution in [3.63, 3.8) is 0 Å². The number of aromatic carboxylic acids is 2. The molecule has 0 bridgehead atoms. The van der Waals surface area contributed by atoms with Gasteiger partial charge in [0.25, 0.3) is 0 Å². The van der Waals surface area contributed by atoms with Crippen molar-refractivity contribution in [1.82, 2.24) is 0 Å². The summed E-state index contributed by atoms with van der Waals surface area (Å²) in [5, 5.41) is 34.4. The van der Waals surface area contributed by atoms with Crippen LogP contribution in [-0.4, -0.2) is 32.4 Å². The van der Waals surface area contributed by atoms with Crippen molar-refractivity contribution in [2.45, 2.75) is 7.43 Å². The van der Waals surface area contributed by atoms with Gasteiger partial charge in [-0.3, -0.25) is 0 Å². The van der Waals surface area contributed by atoms with Crippen molar-refractivity contribution < 1.29 is 30.0 Å². The van der Waals surface area contributed by atoms with Gasteiger partial charge >= 0.3 is 11.9 Å². The molecule has 2 rings (SSSR count). The number of phenolic OH excluding ortho intramolecular Hbond substituents is 1. The lowest BCUT2D eigenvalue weighted by atomic mass is 10.2. The summed E-state index contributed by atoms with van der Waals surface area (Å²) in [5.41, 5.74) is 0.111. The minimum atomic E-state index is -1.11. The molecule has 0 atom stereocenters. The molecule has 0 radical (unpaired) electrons. The first-order chi connectivity index (χ1) is 9.41. The van der Waals surface area contributed by atoms with Crippen molar-refractivity contribution in [3.05, 3.63) is 59.7 Å². The zero-order chi connectivity index (χ0) is 15.1. The van der Waals surface area contributed by atoms with Crippen molar-refractivity contribution in [1.29, 1.82) is 0 Å². The molecule has 0 aliphatic heterocycles. The molecule has 0 fully saturated rings. The molecule has 2 aromatic carbocycles. The van der Waals surface area contributed by atoms with Gasteiger partial charge in [-0.1, -0.05) is 19.6 Å². The Kier molecular flexibility index (Phi) is 7.03. The molecular weight excluding hydrogens is 276 g/mol. The fraction of sp³-hybridized carbons (Fsp3) is 0.0667. The number of phenols is 2. The zero-order valence-corrected chi connectivity index (χ0v) is 10.2. The van der Waals surface area contributed by atoms with Gasteiger partial charge in [-0.25, -0.2) is 9.59 Å². The van der Waals surface area contributed by atoms with E-state index in [2.05, 4.69) is 0 Å². The maximum atomic E-state index is 10.3. The van der Waals surface area contributed by atoms with Gasteiger partial charge in [0.2, 0.25) is 0 Å². The SMILES string of the molecule is C.O=C(O)c1ccc(O)cc1.O=C(O)c1ccccc1O. The van der Waals surface area contributed by atoms with E-state index >= 15 is 0 Å². The van der Waals surface area contributed by atoms with Crippen molar-refractivity contribution in [3.8, 4) is 11.5 Å². The fourth-order valence-electron chi connectivity index (χ4n) is 1.26. The number of rotatable bonds is 2.